The van der Waals surface area contributed by atoms with Crippen LogP contribution in [0.1, 0.15) is 31.8 Å². The number of aromatic hydroxyl groups is 1. The lowest BCUT2D eigenvalue weighted by Gasteiger charge is -2.02. The van der Waals surface area contributed by atoms with Crippen molar-refractivity contribution in [1.29, 1.82) is 0 Å². The fourth-order valence-electron chi connectivity index (χ4n) is 1.74. The number of hydrogen-bond acceptors (Lipinski definition) is 4. The summed E-state index contributed by atoms with van der Waals surface area (Å²) in [5, 5.41) is 26.3. The highest BCUT2D eigenvalue weighted by molar-refractivity contribution is 5.91. The van der Waals surface area contributed by atoms with Crippen molar-refractivity contribution in [2.75, 3.05) is 5.73 Å². The van der Waals surface area contributed by atoms with Crippen molar-refractivity contribution < 1.29 is 24.9 Å². The van der Waals surface area contributed by atoms with Gasteiger partial charge in [0.1, 0.15) is 5.75 Å². The zero-order valence-electron chi connectivity index (χ0n) is 12.2. The molecule has 0 spiro atoms. The molecule has 6 heteroatoms. The number of rotatable bonds is 2. The zero-order chi connectivity index (χ0) is 16.9. The summed E-state index contributed by atoms with van der Waals surface area (Å²) in [7, 11) is 0. The van der Waals surface area contributed by atoms with Crippen molar-refractivity contribution in [2.24, 2.45) is 0 Å². The molecule has 0 amide bonds. The molecule has 0 bridgehead atoms. The van der Waals surface area contributed by atoms with Gasteiger partial charge in [0.25, 0.3) is 0 Å². The number of aromatic carboxylic acids is 2. The van der Waals surface area contributed by atoms with Gasteiger partial charge in [-0.1, -0.05) is 12.1 Å². The Hall–Kier alpha value is -3.02. The molecule has 0 atom stereocenters. The van der Waals surface area contributed by atoms with Crippen molar-refractivity contribution in [3.63, 3.8) is 0 Å². The zero-order valence-corrected chi connectivity index (χ0v) is 12.2. The summed E-state index contributed by atoms with van der Waals surface area (Å²) in [6.07, 6.45) is 0. The molecule has 2 aromatic rings. The van der Waals surface area contributed by atoms with E-state index in [0.717, 1.165) is 0 Å². The van der Waals surface area contributed by atoms with E-state index in [9.17, 15) is 9.59 Å². The maximum atomic E-state index is 10.5. The van der Waals surface area contributed by atoms with Crippen molar-refractivity contribution in [3.8, 4) is 5.75 Å². The SMILES string of the molecule is Cc1c(N)cccc1C(=O)O.Cc1c(O)cccc1C(=O)O. The van der Waals surface area contributed by atoms with Gasteiger partial charge in [0.05, 0.1) is 11.1 Å². The molecule has 0 aromatic heterocycles. The average molecular weight is 303 g/mol. The molecule has 116 valence electrons. The minimum atomic E-state index is -1.02. The van der Waals surface area contributed by atoms with Crippen molar-refractivity contribution in [3.05, 3.63) is 58.7 Å². The van der Waals surface area contributed by atoms with E-state index in [1.54, 1.807) is 26.0 Å². The molecule has 6 nitrogen and oxygen atoms in total. The minimum Gasteiger partial charge on any atom is -0.508 e. The van der Waals surface area contributed by atoms with E-state index in [4.69, 9.17) is 21.1 Å². The van der Waals surface area contributed by atoms with Gasteiger partial charge in [0.15, 0.2) is 0 Å². The molecule has 0 saturated carbocycles. The fourth-order valence-corrected chi connectivity index (χ4v) is 1.74. The number of nitrogens with two attached hydrogens (primary N) is 1. The molecule has 0 heterocycles. The average Bonchev–Trinajstić information content (AvgIpc) is 2.45. The maximum Gasteiger partial charge on any atom is 0.336 e. The van der Waals surface area contributed by atoms with Crippen LogP contribution in [0.15, 0.2) is 36.4 Å². The number of hydrogen-bond donors (Lipinski definition) is 4. The first-order chi connectivity index (χ1) is 10.3. The van der Waals surface area contributed by atoms with E-state index in [2.05, 4.69) is 0 Å². The highest BCUT2D eigenvalue weighted by Crippen LogP contribution is 2.19. The van der Waals surface area contributed by atoms with Crippen LogP contribution < -0.4 is 5.73 Å². The van der Waals surface area contributed by atoms with Crippen LogP contribution in [-0.2, 0) is 0 Å². The smallest absolute Gasteiger partial charge is 0.336 e. The molecular weight excluding hydrogens is 286 g/mol. The molecule has 5 N–H and O–H groups in total. The second-order valence-corrected chi connectivity index (χ2v) is 4.58. The first kappa shape index (κ1) is 17.0. The molecule has 0 unspecified atom stereocenters. The lowest BCUT2D eigenvalue weighted by Crippen LogP contribution is -2.01. The van der Waals surface area contributed by atoms with Gasteiger partial charge in [-0.15, -0.1) is 0 Å². The predicted octanol–water partition coefficient (Wildman–Crippen LogP) is 2.67. The number of phenols is 1. The standard InChI is InChI=1S/C8H9NO2.C8H8O3/c2*1-5-6(8(10)11)3-2-4-7(5)9/h2-4H,9H2,1H3,(H,10,11);2-4,9H,1H3,(H,10,11). The van der Waals surface area contributed by atoms with E-state index in [1.165, 1.54) is 24.3 Å². The van der Waals surface area contributed by atoms with Crippen LogP contribution in [0.5, 0.6) is 5.75 Å². The topological polar surface area (TPSA) is 121 Å². The summed E-state index contributed by atoms with van der Waals surface area (Å²) in [4.78, 5) is 21.0. The molecular formula is C16H17NO5. The Kier molecular flexibility index (Phi) is 5.51. The van der Waals surface area contributed by atoms with Gasteiger partial charge in [-0.2, -0.15) is 0 Å². The van der Waals surface area contributed by atoms with Gasteiger partial charge in [-0.25, -0.2) is 9.59 Å². The molecule has 0 aliphatic heterocycles. The monoisotopic (exact) mass is 303 g/mol. The molecule has 0 aliphatic carbocycles. The van der Waals surface area contributed by atoms with Gasteiger partial charge in [0, 0.05) is 11.3 Å². The van der Waals surface area contributed by atoms with E-state index >= 15 is 0 Å². The van der Waals surface area contributed by atoms with Gasteiger partial charge in [-0.3, -0.25) is 0 Å². The van der Waals surface area contributed by atoms with Crippen molar-refractivity contribution >= 4 is 17.6 Å². The number of carbonyl (C=O) groups is 2. The van der Waals surface area contributed by atoms with E-state index in [1.807, 2.05) is 0 Å². The lowest BCUT2D eigenvalue weighted by molar-refractivity contribution is 0.0685. The second-order valence-electron chi connectivity index (χ2n) is 4.58. The molecule has 0 saturated heterocycles. The number of nitrogen functional groups attached to an aromatic ring is 1. The Bertz CT molecular complexity index is 648. The second kappa shape index (κ2) is 7.12. The fraction of sp³-hybridized carbons (Fsp3) is 0.125. The third-order valence-electron chi connectivity index (χ3n) is 3.14. The van der Waals surface area contributed by atoms with Crippen LogP contribution in [0, 0.1) is 13.8 Å². The van der Waals surface area contributed by atoms with Crippen molar-refractivity contribution in [1.82, 2.24) is 0 Å². The van der Waals surface area contributed by atoms with Gasteiger partial charge < -0.3 is 21.1 Å². The third kappa shape index (κ3) is 3.99. The molecule has 0 radical (unpaired) electrons. The number of phenolic OH excluding ortho intramolecular Hbond substituents is 1. The van der Waals surface area contributed by atoms with Crippen molar-refractivity contribution in [2.45, 2.75) is 13.8 Å². The van der Waals surface area contributed by atoms with Crippen LogP contribution >= 0.6 is 0 Å². The largest absolute Gasteiger partial charge is 0.508 e. The Morgan fingerprint density at radius 2 is 1.32 bits per heavy atom. The van der Waals surface area contributed by atoms with Crippen LogP contribution in [0.4, 0.5) is 5.69 Å². The first-order valence-electron chi connectivity index (χ1n) is 6.36. The van der Waals surface area contributed by atoms with Gasteiger partial charge >= 0.3 is 11.9 Å². The Morgan fingerprint density at radius 1 is 0.864 bits per heavy atom. The summed E-state index contributed by atoms with van der Waals surface area (Å²) in [5.41, 5.74) is 7.45. The normalized spacial score (nSPS) is 9.55. The van der Waals surface area contributed by atoms with E-state index < -0.39 is 11.9 Å². The third-order valence-corrected chi connectivity index (χ3v) is 3.14. The summed E-state index contributed by atoms with van der Waals surface area (Å²) in [6.45, 7) is 3.26. The Balaban J connectivity index is 0.000000220. The molecule has 0 fully saturated rings. The number of carboxylic acid groups (broad SMARTS) is 2. The highest BCUT2D eigenvalue weighted by atomic mass is 16.4. The molecule has 0 aliphatic rings. The van der Waals surface area contributed by atoms with Gasteiger partial charge in [-0.05, 0) is 43.7 Å². The number of anilines is 1. The first-order valence-corrected chi connectivity index (χ1v) is 6.36. The quantitative estimate of drug-likeness (QED) is 0.633. The van der Waals surface area contributed by atoms with Gasteiger partial charge in [0.2, 0.25) is 0 Å². The lowest BCUT2D eigenvalue weighted by atomic mass is 10.1. The highest BCUT2D eigenvalue weighted by Gasteiger charge is 2.08. The minimum absolute atomic E-state index is 0.0184. The summed E-state index contributed by atoms with van der Waals surface area (Å²) in [6, 6.07) is 9.27. The van der Waals surface area contributed by atoms with E-state index in [0.29, 0.717) is 16.8 Å². The maximum absolute atomic E-state index is 10.5. The molecule has 2 aromatic carbocycles. The number of benzene rings is 2. The summed E-state index contributed by atoms with van der Waals surface area (Å²) < 4.78 is 0. The Labute approximate surface area is 127 Å². The number of carboxylic acids is 2. The summed E-state index contributed by atoms with van der Waals surface area (Å²) in [5.74, 6) is -1.93. The van der Waals surface area contributed by atoms with Crippen LogP contribution in [0.25, 0.3) is 0 Å². The predicted molar refractivity (Wildman–Crippen MR) is 82.4 cm³/mol. The Morgan fingerprint density at radius 3 is 1.73 bits per heavy atom. The van der Waals surface area contributed by atoms with Crippen LogP contribution in [0.2, 0.25) is 0 Å². The molecule has 2 rings (SSSR count). The van der Waals surface area contributed by atoms with E-state index in [-0.39, 0.29) is 16.9 Å². The van der Waals surface area contributed by atoms with Crippen LogP contribution in [-0.4, -0.2) is 27.3 Å². The summed E-state index contributed by atoms with van der Waals surface area (Å²) >= 11 is 0. The molecule has 22 heavy (non-hydrogen) atoms. The van der Waals surface area contributed by atoms with Crippen LogP contribution in [0.3, 0.4) is 0 Å².